The van der Waals surface area contributed by atoms with Crippen LogP contribution in [0.4, 0.5) is 5.69 Å². The first-order valence-corrected chi connectivity index (χ1v) is 6.41. The van der Waals surface area contributed by atoms with Crippen LogP contribution in [0.5, 0.6) is 0 Å². The van der Waals surface area contributed by atoms with E-state index in [9.17, 15) is 4.79 Å². The lowest BCUT2D eigenvalue weighted by Crippen LogP contribution is -2.11. The summed E-state index contributed by atoms with van der Waals surface area (Å²) in [4.78, 5) is 21.4. The maximum absolute atomic E-state index is 12.2. The number of H-pyrrole nitrogens is 1. The Morgan fingerprint density at radius 3 is 2.65 bits per heavy atom. The molecule has 0 radical (unpaired) electrons. The molecule has 0 fully saturated rings. The van der Waals surface area contributed by atoms with Crippen LogP contribution in [0.2, 0.25) is 0 Å². The molecule has 0 bridgehead atoms. The molecule has 3 aromatic rings. The molecule has 4 heteroatoms. The fourth-order valence-corrected chi connectivity index (χ4v) is 2.19. The third-order valence-corrected chi connectivity index (χ3v) is 3.29. The zero-order valence-corrected chi connectivity index (χ0v) is 11.4. The number of hydrogen-bond acceptors (Lipinski definition) is 3. The fraction of sp³-hybridized carbons (Fsp3) is 0.125. The number of anilines is 1. The zero-order valence-electron chi connectivity index (χ0n) is 11.4. The molecule has 0 aliphatic heterocycles. The van der Waals surface area contributed by atoms with E-state index in [-0.39, 0.29) is 5.56 Å². The molecule has 20 heavy (non-hydrogen) atoms. The number of pyridine rings is 2. The maximum Gasteiger partial charge on any atom is 0.256 e. The van der Waals surface area contributed by atoms with Crippen LogP contribution in [0.1, 0.15) is 0 Å². The molecule has 0 spiro atoms. The highest BCUT2D eigenvalue weighted by atomic mass is 16.1. The van der Waals surface area contributed by atoms with E-state index in [4.69, 9.17) is 0 Å². The number of aromatic nitrogens is 2. The van der Waals surface area contributed by atoms with Crippen molar-refractivity contribution >= 4 is 16.5 Å². The van der Waals surface area contributed by atoms with Gasteiger partial charge in [-0.2, -0.15) is 0 Å². The highest BCUT2D eigenvalue weighted by Gasteiger charge is 2.06. The van der Waals surface area contributed by atoms with E-state index in [2.05, 4.69) is 9.97 Å². The molecule has 100 valence electrons. The van der Waals surface area contributed by atoms with Gasteiger partial charge in [0.15, 0.2) is 0 Å². The first-order chi connectivity index (χ1) is 9.65. The quantitative estimate of drug-likeness (QED) is 0.775. The number of benzene rings is 1. The Morgan fingerprint density at radius 1 is 1.10 bits per heavy atom. The van der Waals surface area contributed by atoms with Crippen LogP contribution in [0.3, 0.4) is 0 Å². The van der Waals surface area contributed by atoms with Gasteiger partial charge in [-0.15, -0.1) is 0 Å². The van der Waals surface area contributed by atoms with Gasteiger partial charge in [0.2, 0.25) is 0 Å². The minimum absolute atomic E-state index is 0.0909. The lowest BCUT2D eigenvalue weighted by atomic mass is 10.1. The fourth-order valence-electron chi connectivity index (χ4n) is 2.19. The summed E-state index contributed by atoms with van der Waals surface area (Å²) in [5.74, 6) is 0. The lowest BCUT2D eigenvalue weighted by Gasteiger charge is -2.13. The Balaban J connectivity index is 2.21. The van der Waals surface area contributed by atoms with Crippen molar-refractivity contribution in [3.05, 3.63) is 59.0 Å². The predicted molar refractivity (Wildman–Crippen MR) is 82.1 cm³/mol. The third kappa shape index (κ3) is 2.16. The van der Waals surface area contributed by atoms with Gasteiger partial charge in [0.25, 0.3) is 5.56 Å². The standard InChI is InChI=1S/C16H15N3O/c1-19(2)12-7-6-11-9-15(14-5-3-4-8-17-14)18-16(20)13(11)10-12/h3-10H,1-2H3,(H,18,20). The minimum atomic E-state index is -0.0909. The summed E-state index contributed by atoms with van der Waals surface area (Å²) in [5.41, 5.74) is 2.42. The summed E-state index contributed by atoms with van der Waals surface area (Å²) in [6.45, 7) is 0. The summed E-state index contributed by atoms with van der Waals surface area (Å²) in [7, 11) is 3.91. The molecule has 2 heterocycles. The second kappa shape index (κ2) is 4.81. The molecular weight excluding hydrogens is 250 g/mol. The molecule has 0 saturated heterocycles. The normalized spacial score (nSPS) is 10.7. The van der Waals surface area contributed by atoms with E-state index in [1.165, 1.54) is 0 Å². The molecule has 1 N–H and O–H groups in total. The number of nitrogens with one attached hydrogen (secondary N) is 1. The van der Waals surface area contributed by atoms with Crippen LogP contribution >= 0.6 is 0 Å². The van der Waals surface area contributed by atoms with E-state index in [0.29, 0.717) is 5.39 Å². The van der Waals surface area contributed by atoms with Gasteiger partial charge in [-0.25, -0.2) is 0 Å². The van der Waals surface area contributed by atoms with E-state index < -0.39 is 0 Å². The number of aromatic amines is 1. The summed E-state index contributed by atoms with van der Waals surface area (Å²) in [6.07, 6.45) is 1.72. The van der Waals surface area contributed by atoms with Crippen molar-refractivity contribution in [3.8, 4) is 11.4 Å². The van der Waals surface area contributed by atoms with Crippen LogP contribution in [0.15, 0.2) is 53.5 Å². The topological polar surface area (TPSA) is 49.0 Å². The smallest absolute Gasteiger partial charge is 0.256 e. The van der Waals surface area contributed by atoms with Gasteiger partial charge in [0, 0.05) is 31.4 Å². The average Bonchev–Trinajstić information content (AvgIpc) is 2.47. The highest BCUT2D eigenvalue weighted by molar-refractivity contribution is 5.87. The summed E-state index contributed by atoms with van der Waals surface area (Å²) in [5, 5.41) is 1.61. The zero-order chi connectivity index (χ0) is 14.1. The maximum atomic E-state index is 12.2. The van der Waals surface area contributed by atoms with Gasteiger partial charge < -0.3 is 9.88 Å². The van der Waals surface area contributed by atoms with Crippen LogP contribution < -0.4 is 10.5 Å². The van der Waals surface area contributed by atoms with Gasteiger partial charge in [-0.3, -0.25) is 9.78 Å². The Kier molecular flexibility index (Phi) is 2.99. The molecular formula is C16H15N3O. The van der Waals surface area contributed by atoms with Crippen LogP contribution in [0, 0.1) is 0 Å². The summed E-state index contributed by atoms with van der Waals surface area (Å²) < 4.78 is 0. The third-order valence-electron chi connectivity index (χ3n) is 3.29. The molecule has 1 aromatic carbocycles. The van der Waals surface area contributed by atoms with E-state index in [0.717, 1.165) is 22.5 Å². The Hall–Kier alpha value is -2.62. The van der Waals surface area contributed by atoms with Crippen molar-refractivity contribution < 1.29 is 0 Å². The molecule has 0 saturated carbocycles. The Morgan fingerprint density at radius 2 is 1.95 bits per heavy atom. The lowest BCUT2D eigenvalue weighted by molar-refractivity contribution is 1.13. The second-order valence-electron chi connectivity index (χ2n) is 4.89. The molecule has 4 nitrogen and oxygen atoms in total. The molecule has 0 unspecified atom stereocenters. The summed E-state index contributed by atoms with van der Waals surface area (Å²) >= 11 is 0. The predicted octanol–water partition coefficient (Wildman–Crippen LogP) is 2.66. The molecule has 0 atom stereocenters. The number of rotatable bonds is 2. The van der Waals surface area contributed by atoms with Crippen LogP contribution in [0.25, 0.3) is 22.2 Å². The number of nitrogens with zero attached hydrogens (tertiary/aromatic N) is 2. The van der Waals surface area contributed by atoms with Gasteiger partial charge in [-0.1, -0.05) is 12.1 Å². The van der Waals surface area contributed by atoms with Crippen molar-refractivity contribution in [2.75, 3.05) is 19.0 Å². The Labute approximate surface area is 116 Å². The SMILES string of the molecule is CN(C)c1ccc2cc(-c3ccccn3)[nH]c(=O)c2c1. The molecule has 0 amide bonds. The van der Waals surface area contributed by atoms with Crippen LogP contribution in [-0.4, -0.2) is 24.1 Å². The van der Waals surface area contributed by atoms with E-state index in [1.54, 1.807) is 6.20 Å². The Bertz CT molecular complexity index is 807. The first-order valence-electron chi connectivity index (χ1n) is 6.41. The molecule has 3 rings (SSSR count). The van der Waals surface area contributed by atoms with Crippen LogP contribution in [-0.2, 0) is 0 Å². The van der Waals surface area contributed by atoms with Crippen molar-refractivity contribution in [3.63, 3.8) is 0 Å². The van der Waals surface area contributed by atoms with Crippen molar-refractivity contribution in [1.29, 1.82) is 0 Å². The molecule has 0 aliphatic carbocycles. The molecule has 0 aliphatic rings. The van der Waals surface area contributed by atoms with E-state index >= 15 is 0 Å². The van der Waals surface area contributed by atoms with Gasteiger partial charge in [0.05, 0.1) is 11.4 Å². The number of hydrogen-bond donors (Lipinski definition) is 1. The average molecular weight is 265 g/mol. The van der Waals surface area contributed by atoms with Crippen molar-refractivity contribution in [2.24, 2.45) is 0 Å². The van der Waals surface area contributed by atoms with Gasteiger partial charge in [0.1, 0.15) is 0 Å². The van der Waals surface area contributed by atoms with Crippen molar-refractivity contribution in [1.82, 2.24) is 9.97 Å². The minimum Gasteiger partial charge on any atom is -0.378 e. The monoisotopic (exact) mass is 265 g/mol. The summed E-state index contributed by atoms with van der Waals surface area (Å²) in [6, 6.07) is 13.5. The molecule has 2 aromatic heterocycles. The largest absolute Gasteiger partial charge is 0.378 e. The van der Waals surface area contributed by atoms with Gasteiger partial charge >= 0.3 is 0 Å². The highest BCUT2D eigenvalue weighted by Crippen LogP contribution is 2.21. The van der Waals surface area contributed by atoms with Gasteiger partial charge in [-0.05, 0) is 35.7 Å². The first kappa shape index (κ1) is 12.4. The van der Waals surface area contributed by atoms with Crippen molar-refractivity contribution in [2.45, 2.75) is 0 Å². The van der Waals surface area contributed by atoms with E-state index in [1.807, 2.05) is 61.5 Å². The number of fused-ring (bicyclic) bond motifs is 1. The second-order valence-corrected chi connectivity index (χ2v) is 4.89.